The van der Waals surface area contributed by atoms with Gasteiger partial charge in [-0.1, -0.05) is 6.07 Å². The van der Waals surface area contributed by atoms with Crippen molar-refractivity contribution >= 4 is 22.4 Å². The van der Waals surface area contributed by atoms with Crippen molar-refractivity contribution in [2.45, 2.75) is 12.6 Å². The molecule has 1 aromatic carbocycles. The Hall–Kier alpha value is -2.29. The molecule has 2 rings (SSSR count). The Balaban J connectivity index is 2.03. The van der Waals surface area contributed by atoms with Gasteiger partial charge in [-0.15, -0.1) is 11.3 Å². The molecule has 1 heterocycles. The van der Waals surface area contributed by atoms with E-state index in [0.29, 0.717) is 17.1 Å². The monoisotopic (exact) mass is 346 g/mol. The van der Waals surface area contributed by atoms with Gasteiger partial charge in [0.05, 0.1) is 20.6 Å². The summed E-state index contributed by atoms with van der Waals surface area (Å²) in [7, 11) is 2.96. The van der Waals surface area contributed by atoms with Gasteiger partial charge < -0.3 is 14.8 Å². The fourth-order valence-electron chi connectivity index (χ4n) is 1.80. The van der Waals surface area contributed by atoms with Crippen LogP contribution in [0.1, 0.15) is 11.3 Å². The molecule has 0 aliphatic rings. The summed E-state index contributed by atoms with van der Waals surface area (Å²) >= 11 is 0.721. The van der Waals surface area contributed by atoms with E-state index in [1.165, 1.54) is 14.2 Å². The van der Waals surface area contributed by atoms with Gasteiger partial charge in [-0.25, -0.2) is 4.98 Å². The number of carbonyl (C=O) groups excluding carboxylic acids is 1. The van der Waals surface area contributed by atoms with Crippen LogP contribution < -0.4 is 14.8 Å². The smallest absolute Gasteiger partial charge is 0.434 e. The molecule has 9 heteroatoms. The van der Waals surface area contributed by atoms with E-state index < -0.39 is 17.8 Å². The van der Waals surface area contributed by atoms with Crippen molar-refractivity contribution in [3.63, 3.8) is 0 Å². The van der Waals surface area contributed by atoms with Crippen LogP contribution in [0.2, 0.25) is 0 Å². The molecule has 1 aromatic heterocycles. The number of carbonyl (C=O) groups is 1. The van der Waals surface area contributed by atoms with Gasteiger partial charge in [-0.2, -0.15) is 13.2 Å². The molecule has 23 heavy (non-hydrogen) atoms. The molecular formula is C14H13F3N2O3S. The van der Waals surface area contributed by atoms with Crippen molar-refractivity contribution in [2.24, 2.45) is 0 Å². The lowest BCUT2D eigenvalue weighted by atomic mass is 10.1. The average molecular weight is 346 g/mol. The van der Waals surface area contributed by atoms with Crippen LogP contribution in [0.4, 0.5) is 18.3 Å². The molecule has 0 saturated heterocycles. The Morgan fingerprint density at radius 2 is 1.96 bits per heavy atom. The van der Waals surface area contributed by atoms with Crippen LogP contribution in [0.15, 0.2) is 23.6 Å². The first kappa shape index (κ1) is 17.1. The van der Waals surface area contributed by atoms with Crippen LogP contribution >= 0.6 is 11.3 Å². The molecule has 0 atom stereocenters. The van der Waals surface area contributed by atoms with E-state index in [1.807, 2.05) is 0 Å². The molecule has 0 bridgehead atoms. The van der Waals surface area contributed by atoms with Gasteiger partial charge in [0.1, 0.15) is 0 Å². The van der Waals surface area contributed by atoms with E-state index in [1.54, 1.807) is 18.2 Å². The van der Waals surface area contributed by atoms with Gasteiger partial charge in [0.15, 0.2) is 22.3 Å². The zero-order valence-corrected chi connectivity index (χ0v) is 13.0. The first-order chi connectivity index (χ1) is 10.8. The van der Waals surface area contributed by atoms with E-state index in [0.717, 1.165) is 16.7 Å². The molecular weight excluding hydrogens is 333 g/mol. The lowest BCUT2D eigenvalue weighted by Gasteiger charge is -2.09. The van der Waals surface area contributed by atoms with Crippen LogP contribution in [0.3, 0.4) is 0 Å². The van der Waals surface area contributed by atoms with Gasteiger partial charge in [0.25, 0.3) is 0 Å². The number of benzene rings is 1. The van der Waals surface area contributed by atoms with Gasteiger partial charge in [0, 0.05) is 5.38 Å². The molecule has 0 saturated carbocycles. The second-order valence-electron chi connectivity index (χ2n) is 4.45. The fraction of sp³-hybridized carbons (Fsp3) is 0.286. The quantitative estimate of drug-likeness (QED) is 0.902. The highest BCUT2D eigenvalue weighted by Crippen LogP contribution is 2.32. The Morgan fingerprint density at radius 3 is 2.52 bits per heavy atom. The summed E-state index contributed by atoms with van der Waals surface area (Å²) in [5, 5.41) is 3.10. The highest BCUT2D eigenvalue weighted by atomic mass is 32.1. The van der Waals surface area contributed by atoms with E-state index in [2.05, 4.69) is 10.3 Å². The van der Waals surface area contributed by atoms with Gasteiger partial charge in [-0.3, -0.25) is 4.79 Å². The number of nitrogens with one attached hydrogen (secondary N) is 1. The number of rotatable bonds is 5. The zero-order chi connectivity index (χ0) is 17.0. The standard InChI is InChI=1S/C14H13F3N2O3S/c1-21-9-4-3-8(5-10(9)22-2)6-12(20)19-13-18-11(7-23-13)14(15,16)17/h3-5,7H,6H2,1-2H3,(H,18,19,20). The Kier molecular flexibility index (Phi) is 5.09. The number of methoxy groups -OCH3 is 2. The van der Waals surface area contributed by atoms with E-state index in [-0.39, 0.29) is 11.6 Å². The zero-order valence-electron chi connectivity index (χ0n) is 12.2. The maximum absolute atomic E-state index is 12.4. The minimum absolute atomic E-state index is 0.0265. The Bertz CT molecular complexity index is 701. The largest absolute Gasteiger partial charge is 0.493 e. The minimum atomic E-state index is -4.52. The molecule has 0 radical (unpaired) electrons. The first-order valence-corrected chi connectivity index (χ1v) is 7.25. The number of halogens is 3. The number of thiazole rings is 1. The summed E-state index contributed by atoms with van der Waals surface area (Å²) in [6.07, 6.45) is -4.55. The van der Waals surface area contributed by atoms with Gasteiger partial charge in [0.2, 0.25) is 5.91 Å². The number of aromatic nitrogens is 1. The number of hydrogen-bond donors (Lipinski definition) is 1. The van der Waals surface area contributed by atoms with E-state index in [4.69, 9.17) is 9.47 Å². The van der Waals surface area contributed by atoms with E-state index >= 15 is 0 Å². The number of nitrogens with zero attached hydrogens (tertiary/aromatic N) is 1. The van der Waals surface area contributed by atoms with Crippen LogP contribution in [0, 0.1) is 0 Å². The summed E-state index contributed by atoms with van der Waals surface area (Å²) in [5.41, 5.74) is -0.392. The van der Waals surface area contributed by atoms with Crippen molar-refractivity contribution in [2.75, 3.05) is 19.5 Å². The molecule has 0 spiro atoms. The summed E-state index contributed by atoms with van der Waals surface area (Å²) in [4.78, 5) is 15.2. The van der Waals surface area contributed by atoms with Crippen molar-refractivity contribution in [3.8, 4) is 11.5 Å². The molecule has 5 nitrogen and oxygen atoms in total. The number of alkyl halides is 3. The SMILES string of the molecule is COc1ccc(CC(=O)Nc2nc(C(F)(F)F)cs2)cc1OC. The predicted molar refractivity (Wildman–Crippen MR) is 79.0 cm³/mol. The second-order valence-corrected chi connectivity index (χ2v) is 5.31. The fourth-order valence-corrected chi connectivity index (χ4v) is 2.53. The predicted octanol–water partition coefficient (Wildman–Crippen LogP) is 3.36. The van der Waals surface area contributed by atoms with Crippen molar-refractivity contribution in [1.29, 1.82) is 0 Å². The molecule has 124 valence electrons. The average Bonchev–Trinajstić information content (AvgIpc) is 2.95. The second kappa shape index (κ2) is 6.86. The Labute approximate surface area is 134 Å². The highest BCUT2D eigenvalue weighted by Gasteiger charge is 2.33. The van der Waals surface area contributed by atoms with Crippen LogP contribution in [0.5, 0.6) is 11.5 Å². The number of ether oxygens (including phenoxy) is 2. The molecule has 1 N–H and O–H groups in total. The van der Waals surface area contributed by atoms with Crippen LogP contribution in [-0.2, 0) is 17.4 Å². The lowest BCUT2D eigenvalue weighted by molar-refractivity contribution is -0.140. The molecule has 0 fully saturated rings. The molecule has 0 aliphatic heterocycles. The molecule has 0 unspecified atom stereocenters. The molecule has 0 aliphatic carbocycles. The normalized spacial score (nSPS) is 11.2. The summed E-state index contributed by atoms with van der Waals surface area (Å²) in [5.74, 6) is 0.512. The molecule has 2 aromatic rings. The van der Waals surface area contributed by atoms with Crippen molar-refractivity contribution in [1.82, 2.24) is 4.98 Å². The topological polar surface area (TPSA) is 60.5 Å². The minimum Gasteiger partial charge on any atom is -0.493 e. The number of amides is 1. The van der Waals surface area contributed by atoms with Gasteiger partial charge in [-0.05, 0) is 17.7 Å². The number of anilines is 1. The van der Waals surface area contributed by atoms with Crippen molar-refractivity contribution < 1.29 is 27.4 Å². The molecule has 1 amide bonds. The van der Waals surface area contributed by atoms with Crippen LogP contribution in [-0.4, -0.2) is 25.1 Å². The van der Waals surface area contributed by atoms with Crippen LogP contribution in [0.25, 0.3) is 0 Å². The highest BCUT2D eigenvalue weighted by molar-refractivity contribution is 7.13. The Morgan fingerprint density at radius 1 is 1.26 bits per heavy atom. The first-order valence-electron chi connectivity index (χ1n) is 6.37. The summed E-state index contributed by atoms with van der Waals surface area (Å²) < 4.78 is 47.5. The third kappa shape index (κ3) is 4.35. The van der Waals surface area contributed by atoms with Crippen molar-refractivity contribution in [3.05, 3.63) is 34.8 Å². The number of hydrogen-bond acceptors (Lipinski definition) is 5. The summed E-state index contributed by atoms with van der Waals surface area (Å²) in [6.45, 7) is 0. The summed E-state index contributed by atoms with van der Waals surface area (Å²) in [6, 6.07) is 4.94. The maximum Gasteiger partial charge on any atom is 0.434 e. The third-order valence-electron chi connectivity index (χ3n) is 2.85. The maximum atomic E-state index is 12.4. The van der Waals surface area contributed by atoms with E-state index in [9.17, 15) is 18.0 Å². The lowest BCUT2D eigenvalue weighted by Crippen LogP contribution is -2.15. The van der Waals surface area contributed by atoms with Gasteiger partial charge >= 0.3 is 6.18 Å². The third-order valence-corrected chi connectivity index (χ3v) is 3.61.